The van der Waals surface area contributed by atoms with E-state index in [1.54, 1.807) is 24.4 Å². The van der Waals surface area contributed by atoms with E-state index in [2.05, 4.69) is 25.6 Å². The van der Waals surface area contributed by atoms with Crippen LogP contribution in [0.2, 0.25) is 0 Å². The second kappa shape index (κ2) is 8.57. The standard InChI is InChI=1S/C19H19N5O2/c1-2-26-17-9-4-3-8-15(17)24-19(25)16-11-18(23-13-22-16)21-12-14-7-5-6-10-20-14/h3-11,13H,2,12H2,1H3,(H,24,25)(H,21,22,23). The van der Waals surface area contributed by atoms with Gasteiger partial charge in [0.1, 0.15) is 23.6 Å². The van der Waals surface area contributed by atoms with Gasteiger partial charge < -0.3 is 15.4 Å². The van der Waals surface area contributed by atoms with Crippen LogP contribution in [0.25, 0.3) is 0 Å². The lowest BCUT2D eigenvalue weighted by Gasteiger charge is -2.11. The van der Waals surface area contributed by atoms with Crippen molar-refractivity contribution in [3.8, 4) is 5.75 Å². The Morgan fingerprint density at radius 1 is 1.08 bits per heavy atom. The third kappa shape index (κ3) is 4.54. The van der Waals surface area contributed by atoms with Gasteiger partial charge in [-0.2, -0.15) is 0 Å². The molecule has 0 saturated carbocycles. The summed E-state index contributed by atoms with van der Waals surface area (Å²) < 4.78 is 5.52. The number of para-hydroxylation sites is 2. The second-order valence-electron chi connectivity index (χ2n) is 5.35. The molecule has 2 aromatic heterocycles. The molecule has 0 fully saturated rings. The summed E-state index contributed by atoms with van der Waals surface area (Å²) in [6.07, 6.45) is 3.08. The lowest BCUT2D eigenvalue weighted by Crippen LogP contribution is -2.15. The van der Waals surface area contributed by atoms with E-state index in [0.717, 1.165) is 5.69 Å². The van der Waals surface area contributed by atoms with Crippen molar-refractivity contribution in [3.63, 3.8) is 0 Å². The molecule has 7 nitrogen and oxygen atoms in total. The Morgan fingerprint density at radius 2 is 1.92 bits per heavy atom. The van der Waals surface area contributed by atoms with Crippen LogP contribution in [0, 0.1) is 0 Å². The fraction of sp³-hybridized carbons (Fsp3) is 0.158. The molecule has 0 aliphatic heterocycles. The number of carbonyl (C=O) groups excluding carboxylic acids is 1. The molecule has 3 rings (SSSR count). The van der Waals surface area contributed by atoms with Crippen LogP contribution < -0.4 is 15.4 Å². The molecule has 26 heavy (non-hydrogen) atoms. The Morgan fingerprint density at radius 3 is 2.73 bits per heavy atom. The largest absolute Gasteiger partial charge is 0.492 e. The summed E-state index contributed by atoms with van der Waals surface area (Å²) in [4.78, 5) is 24.9. The van der Waals surface area contributed by atoms with Gasteiger partial charge in [-0.05, 0) is 31.2 Å². The minimum absolute atomic E-state index is 0.259. The van der Waals surface area contributed by atoms with Gasteiger partial charge in [-0.15, -0.1) is 0 Å². The van der Waals surface area contributed by atoms with E-state index in [1.807, 2.05) is 37.3 Å². The monoisotopic (exact) mass is 349 g/mol. The van der Waals surface area contributed by atoms with Crippen LogP contribution in [0.3, 0.4) is 0 Å². The maximum atomic E-state index is 12.5. The Kier molecular flexibility index (Phi) is 5.72. The number of amides is 1. The Bertz CT molecular complexity index is 871. The summed E-state index contributed by atoms with van der Waals surface area (Å²) >= 11 is 0. The number of pyridine rings is 1. The molecule has 0 aliphatic rings. The highest BCUT2D eigenvalue weighted by atomic mass is 16.5. The summed E-state index contributed by atoms with van der Waals surface area (Å²) in [6, 6.07) is 14.6. The van der Waals surface area contributed by atoms with Gasteiger partial charge in [0.15, 0.2) is 0 Å². The van der Waals surface area contributed by atoms with Crippen molar-refractivity contribution in [2.24, 2.45) is 0 Å². The molecule has 1 amide bonds. The van der Waals surface area contributed by atoms with Crippen molar-refractivity contribution in [1.82, 2.24) is 15.0 Å². The zero-order valence-corrected chi connectivity index (χ0v) is 14.3. The second-order valence-corrected chi connectivity index (χ2v) is 5.35. The first-order valence-corrected chi connectivity index (χ1v) is 8.25. The van der Waals surface area contributed by atoms with Crippen LogP contribution in [0.4, 0.5) is 11.5 Å². The smallest absolute Gasteiger partial charge is 0.274 e. The first-order valence-electron chi connectivity index (χ1n) is 8.25. The molecular formula is C19H19N5O2. The lowest BCUT2D eigenvalue weighted by atomic mass is 10.2. The minimum Gasteiger partial charge on any atom is -0.492 e. The van der Waals surface area contributed by atoms with Crippen LogP contribution in [0.1, 0.15) is 23.1 Å². The van der Waals surface area contributed by atoms with Crippen LogP contribution >= 0.6 is 0 Å². The quantitative estimate of drug-likeness (QED) is 0.681. The van der Waals surface area contributed by atoms with E-state index >= 15 is 0 Å². The number of nitrogens with one attached hydrogen (secondary N) is 2. The highest BCUT2D eigenvalue weighted by Gasteiger charge is 2.12. The molecule has 1 aromatic carbocycles. The van der Waals surface area contributed by atoms with Gasteiger partial charge in [0, 0.05) is 12.3 Å². The number of nitrogens with zero attached hydrogens (tertiary/aromatic N) is 3. The molecule has 0 saturated heterocycles. The van der Waals surface area contributed by atoms with Gasteiger partial charge in [-0.1, -0.05) is 18.2 Å². The summed E-state index contributed by atoms with van der Waals surface area (Å²) in [5.41, 5.74) is 1.73. The zero-order valence-electron chi connectivity index (χ0n) is 14.3. The Balaban J connectivity index is 1.68. The first-order chi connectivity index (χ1) is 12.8. The fourth-order valence-electron chi connectivity index (χ4n) is 2.30. The van der Waals surface area contributed by atoms with E-state index in [4.69, 9.17) is 4.74 Å². The molecule has 2 heterocycles. The topological polar surface area (TPSA) is 89.0 Å². The SMILES string of the molecule is CCOc1ccccc1NC(=O)c1cc(NCc2ccccn2)ncn1. The number of anilines is 2. The highest BCUT2D eigenvalue weighted by molar-refractivity contribution is 6.04. The Labute approximate surface area is 151 Å². The predicted octanol–water partition coefficient (Wildman–Crippen LogP) is 3.13. The predicted molar refractivity (Wildman–Crippen MR) is 99.2 cm³/mol. The average molecular weight is 349 g/mol. The maximum absolute atomic E-state index is 12.5. The highest BCUT2D eigenvalue weighted by Crippen LogP contribution is 2.24. The van der Waals surface area contributed by atoms with E-state index in [-0.39, 0.29) is 11.6 Å². The van der Waals surface area contributed by atoms with Crippen molar-refractivity contribution in [2.75, 3.05) is 17.2 Å². The molecule has 0 atom stereocenters. The van der Waals surface area contributed by atoms with E-state index in [0.29, 0.717) is 30.4 Å². The van der Waals surface area contributed by atoms with Crippen molar-refractivity contribution in [1.29, 1.82) is 0 Å². The van der Waals surface area contributed by atoms with Gasteiger partial charge in [-0.25, -0.2) is 9.97 Å². The minimum atomic E-state index is -0.333. The van der Waals surface area contributed by atoms with Gasteiger partial charge in [0.05, 0.1) is 24.5 Å². The summed E-state index contributed by atoms with van der Waals surface area (Å²) in [7, 11) is 0. The van der Waals surface area contributed by atoms with Crippen molar-refractivity contribution in [3.05, 3.63) is 72.4 Å². The molecule has 7 heteroatoms. The molecule has 132 valence electrons. The number of hydrogen-bond acceptors (Lipinski definition) is 6. The maximum Gasteiger partial charge on any atom is 0.274 e. The normalized spacial score (nSPS) is 10.2. The zero-order chi connectivity index (χ0) is 18.2. The number of ether oxygens (including phenoxy) is 1. The number of aromatic nitrogens is 3. The van der Waals surface area contributed by atoms with Crippen molar-refractivity contribution < 1.29 is 9.53 Å². The van der Waals surface area contributed by atoms with Gasteiger partial charge in [0.2, 0.25) is 0 Å². The Hall–Kier alpha value is -3.48. The molecule has 3 aromatic rings. The first kappa shape index (κ1) is 17.3. The molecule has 0 spiro atoms. The molecule has 0 aliphatic carbocycles. The molecule has 0 bridgehead atoms. The lowest BCUT2D eigenvalue weighted by molar-refractivity contribution is 0.102. The summed E-state index contributed by atoms with van der Waals surface area (Å²) in [5.74, 6) is 0.834. The molecule has 2 N–H and O–H groups in total. The number of hydrogen-bond donors (Lipinski definition) is 2. The fourth-order valence-corrected chi connectivity index (χ4v) is 2.30. The van der Waals surface area contributed by atoms with Crippen LogP contribution in [-0.4, -0.2) is 27.5 Å². The van der Waals surface area contributed by atoms with Gasteiger partial charge >= 0.3 is 0 Å². The summed E-state index contributed by atoms with van der Waals surface area (Å²) in [6.45, 7) is 2.91. The number of rotatable bonds is 7. The third-order valence-corrected chi connectivity index (χ3v) is 3.51. The number of carbonyl (C=O) groups is 1. The van der Waals surface area contributed by atoms with E-state index in [9.17, 15) is 4.79 Å². The molecular weight excluding hydrogens is 330 g/mol. The average Bonchev–Trinajstić information content (AvgIpc) is 2.69. The number of benzene rings is 1. The van der Waals surface area contributed by atoms with Crippen molar-refractivity contribution in [2.45, 2.75) is 13.5 Å². The summed E-state index contributed by atoms with van der Waals surface area (Å²) in [5, 5.41) is 5.95. The van der Waals surface area contributed by atoms with Gasteiger partial charge in [-0.3, -0.25) is 9.78 Å². The van der Waals surface area contributed by atoms with Crippen LogP contribution in [0.5, 0.6) is 5.75 Å². The van der Waals surface area contributed by atoms with Gasteiger partial charge in [0.25, 0.3) is 5.91 Å². The van der Waals surface area contributed by atoms with Crippen LogP contribution in [0.15, 0.2) is 61.1 Å². The molecule has 0 radical (unpaired) electrons. The van der Waals surface area contributed by atoms with Crippen LogP contribution in [-0.2, 0) is 6.54 Å². The van der Waals surface area contributed by atoms with Crippen molar-refractivity contribution >= 4 is 17.4 Å². The molecule has 0 unspecified atom stereocenters. The van der Waals surface area contributed by atoms with E-state index < -0.39 is 0 Å². The third-order valence-electron chi connectivity index (χ3n) is 3.51. The van der Waals surface area contributed by atoms with E-state index in [1.165, 1.54) is 6.33 Å².